The van der Waals surface area contributed by atoms with Gasteiger partial charge in [-0.3, -0.25) is 4.79 Å². The van der Waals surface area contributed by atoms with E-state index < -0.39 is 11.9 Å². The summed E-state index contributed by atoms with van der Waals surface area (Å²) < 4.78 is 5.52. The maximum Gasteiger partial charge on any atom is 0.317 e. The number of rotatable bonds is 4. The summed E-state index contributed by atoms with van der Waals surface area (Å²) in [6.07, 6.45) is 2.64. The lowest BCUT2D eigenvalue weighted by Gasteiger charge is -2.30. The van der Waals surface area contributed by atoms with Gasteiger partial charge in [0.25, 0.3) is 0 Å². The molecule has 0 spiro atoms. The van der Waals surface area contributed by atoms with E-state index in [4.69, 9.17) is 14.7 Å². The Hall–Kier alpha value is -2.77. The van der Waals surface area contributed by atoms with E-state index in [-0.39, 0.29) is 18.7 Å². The average molecular weight is 373 g/mol. The summed E-state index contributed by atoms with van der Waals surface area (Å²) in [5, 5.41) is 16.1. The standard InChI is InChI=1S/C19H23N3O5/c23-18(24)14-2-1-6-22(11-14)19(25)20-10-15-9-16(21-27-15)12-3-4-17-13(8-12)5-7-26-17/h3-4,8,14-15H,1-2,5-7,9-11H2,(H,20,25)(H,23,24). The third-order valence-corrected chi connectivity index (χ3v) is 5.29. The number of nitrogens with one attached hydrogen (secondary N) is 1. The zero-order chi connectivity index (χ0) is 18.8. The Balaban J connectivity index is 1.27. The highest BCUT2D eigenvalue weighted by Crippen LogP contribution is 2.27. The maximum absolute atomic E-state index is 12.3. The number of benzene rings is 1. The maximum atomic E-state index is 12.3. The number of carboxylic acid groups (broad SMARTS) is 1. The van der Waals surface area contributed by atoms with Crippen molar-refractivity contribution >= 4 is 17.7 Å². The molecular weight excluding hydrogens is 350 g/mol. The number of nitrogens with zero attached hydrogens (tertiary/aromatic N) is 2. The molecule has 0 aromatic heterocycles. The number of hydrogen-bond donors (Lipinski definition) is 2. The second kappa shape index (κ2) is 7.46. The number of amides is 2. The van der Waals surface area contributed by atoms with Crippen molar-refractivity contribution in [3.63, 3.8) is 0 Å². The first-order valence-corrected chi connectivity index (χ1v) is 9.34. The first-order chi connectivity index (χ1) is 13.1. The number of ether oxygens (including phenoxy) is 1. The van der Waals surface area contributed by atoms with Crippen molar-refractivity contribution in [1.29, 1.82) is 0 Å². The number of aliphatic carboxylic acids is 1. The minimum Gasteiger partial charge on any atom is -0.493 e. The van der Waals surface area contributed by atoms with Gasteiger partial charge in [-0.15, -0.1) is 0 Å². The summed E-state index contributed by atoms with van der Waals surface area (Å²) in [4.78, 5) is 30.5. The largest absolute Gasteiger partial charge is 0.493 e. The fourth-order valence-electron chi connectivity index (χ4n) is 3.75. The van der Waals surface area contributed by atoms with Gasteiger partial charge in [0.1, 0.15) is 5.75 Å². The highest BCUT2D eigenvalue weighted by Gasteiger charge is 2.29. The fraction of sp³-hybridized carbons (Fsp3) is 0.526. The summed E-state index contributed by atoms with van der Waals surface area (Å²) in [7, 11) is 0. The van der Waals surface area contributed by atoms with Gasteiger partial charge in [-0.2, -0.15) is 0 Å². The minimum atomic E-state index is -0.843. The molecule has 2 amide bonds. The summed E-state index contributed by atoms with van der Waals surface area (Å²) in [5.74, 6) is -0.390. The van der Waals surface area contributed by atoms with Crippen LogP contribution in [0.2, 0.25) is 0 Å². The van der Waals surface area contributed by atoms with Crippen molar-refractivity contribution in [2.24, 2.45) is 11.1 Å². The lowest BCUT2D eigenvalue weighted by Crippen LogP contribution is -2.48. The summed E-state index contributed by atoms with van der Waals surface area (Å²) in [5.41, 5.74) is 3.08. The van der Waals surface area contributed by atoms with E-state index in [0.717, 1.165) is 30.1 Å². The van der Waals surface area contributed by atoms with Gasteiger partial charge < -0.3 is 24.9 Å². The molecule has 0 saturated carbocycles. The Bertz CT molecular complexity index is 779. The Morgan fingerprint density at radius 3 is 3.11 bits per heavy atom. The van der Waals surface area contributed by atoms with Crippen LogP contribution in [-0.4, -0.2) is 60.1 Å². The van der Waals surface area contributed by atoms with Crippen molar-refractivity contribution in [2.75, 3.05) is 26.2 Å². The zero-order valence-electron chi connectivity index (χ0n) is 15.0. The molecule has 0 aliphatic carbocycles. The summed E-state index contributed by atoms with van der Waals surface area (Å²) >= 11 is 0. The van der Waals surface area contributed by atoms with E-state index in [1.54, 1.807) is 4.90 Å². The molecule has 0 bridgehead atoms. The van der Waals surface area contributed by atoms with E-state index in [0.29, 0.717) is 32.4 Å². The third kappa shape index (κ3) is 3.84. The molecular formula is C19H23N3O5. The van der Waals surface area contributed by atoms with Gasteiger partial charge in [0.05, 0.1) is 24.8 Å². The second-order valence-corrected chi connectivity index (χ2v) is 7.20. The third-order valence-electron chi connectivity index (χ3n) is 5.29. The number of carbonyl (C=O) groups is 2. The van der Waals surface area contributed by atoms with Gasteiger partial charge in [-0.25, -0.2) is 4.79 Å². The number of likely N-dealkylation sites (tertiary alicyclic amines) is 1. The van der Waals surface area contributed by atoms with Crippen LogP contribution in [0.25, 0.3) is 0 Å². The normalized spacial score (nSPS) is 23.9. The molecule has 144 valence electrons. The van der Waals surface area contributed by atoms with Crippen molar-refractivity contribution in [3.05, 3.63) is 29.3 Å². The number of oxime groups is 1. The molecule has 1 aromatic rings. The number of carbonyl (C=O) groups excluding carboxylic acids is 1. The minimum absolute atomic E-state index is 0.214. The fourth-order valence-corrected chi connectivity index (χ4v) is 3.75. The SMILES string of the molecule is O=C(O)C1CCCN(C(=O)NCC2CC(c3ccc4c(c3)CCO4)=NO2)C1. The van der Waals surface area contributed by atoms with Crippen LogP contribution in [0.1, 0.15) is 30.4 Å². The van der Waals surface area contributed by atoms with E-state index in [9.17, 15) is 9.59 Å². The zero-order valence-corrected chi connectivity index (χ0v) is 15.0. The quantitative estimate of drug-likeness (QED) is 0.835. The lowest BCUT2D eigenvalue weighted by molar-refractivity contribution is -0.143. The van der Waals surface area contributed by atoms with E-state index in [1.165, 1.54) is 5.56 Å². The number of piperidine rings is 1. The molecule has 8 heteroatoms. The Labute approximate surface area is 157 Å². The molecule has 3 aliphatic rings. The molecule has 2 unspecified atom stereocenters. The highest BCUT2D eigenvalue weighted by molar-refractivity contribution is 6.01. The van der Waals surface area contributed by atoms with Gasteiger partial charge in [-0.05, 0) is 42.2 Å². The van der Waals surface area contributed by atoms with Crippen LogP contribution in [0.3, 0.4) is 0 Å². The van der Waals surface area contributed by atoms with Crippen LogP contribution >= 0.6 is 0 Å². The van der Waals surface area contributed by atoms with Gasteiger partial charge in [0.15, 0.2) is 6.10 Å². The second-order valence-electron chi connectivity index (χ2n) is 7.20. The van der Waals surface area contributed by atoms with E-state index in [2.05, 4.69) is 16.5 Å². The molecule has 1 saturated heterocycles. The van der Waals surface area contributed by atoms with Crippen molar-refractivity contribution in [3.8, 4) is 5.75 Å². The molecule has 1 aromatic carbocycles. The molecule has 3 aliphatic heterocycles. The molecule has 8 nitrogen and oxygen atoms in total. The first kappa shape index (κ1) is 17.6. The van der Waals surface area contributed by atoms with E-state index in [1.807, 2.05) is 12.1 Å². The monoisotopic (exact) mass is 373 g/mol. The predicted octanol–water partition coefficient (Wildman–Crippen LogP) is 1.62. The number of fused-ring (bicyclic) bond motifs is 1. The van der Waals surface area contributed by atoms with Crippen LogP contribution < -0.4 is 10.1 Å². The predicted molar refractivity (Wildman–Crippen MR) is 97.0 cm³/mol. The first-order valence-electron chi connectivity index (χ1n) is 9.34. The van der Waals surface area contributed by atoms with Gasteiger partial charge in [0, 0.05) is 25.9 Å². The van der Waals surface area contributed by atoms with Crippen LogP contribution in [0, 0.1) is 5.92 Å². The molecule has 27 heavy (non-hydrogen) atoms. The van der Waals surface area contributed by atoms with E-state index >= 15 is 0 Å². The smallest absolute Gasteiger partial charge is 0.317 e. The lowest BCUT2D eigenvalue weighted by atomic mass is 9.99. The number of urea groups is 1. The van der Waals surface area contributed by atoms with Gasteiger partial charge in [-0.1, -0.05) is 5.16 Å². The van der Waals surface area contributed by atoms with Crippen molar-refractivity contribution < 1.29 is 24.3 Å². The Kier molecular flexibility index (Phi) is 4.87. The molecule has 4 rings (SSSR count). The topological polar surface area (TPSA) is 100 Å². The van der Waals surface area contributed by atoms with Gasteiger partial charge in [0.2, 0.25) is 0 Å². The van der Waals surface area contributed by atoms with Crippen LogP contribution in [0.4, 0.5) is 4.79 Å². The average Bonchev–Trinajstić information content (AvgIpc) is 3.34. The number of carboxylic acids is 1. The summed E-state index contributed by atoms with van der Waals surface area (Å²) in [6.45, 7) is 1.90. The van der Waals surface area contributed by atoms with Gasteiger partial charge >= 0.3 is 12.0 Å². The molecule has 3 heterocycles. The van der Waals surface area contributed by atoms with Crippen LogP contribution in [-0.2, 0) is 16.1 Å². The molecule has 2 N–H and O–H groups in total. The Morgan fingerprint density at radius 1 is 1.37 bits per heavy atom. The molecule has 2 atom stereocenters. The molecule has 0 radical (unpaired) electrons. The number of hydrogen-bond acceptors (Lipinski definition) is 5. The summed E-state index contributed by atoms with van der Waals surface area (Å²) in [6, 6.07) is 5.79. The van der Waals surface area contributed by atoms with Crippen molar-refractivity contribution in [2.45, 2.75) is 31.8 Å². The highest BCUT2D eigenvalue weighted by atomic mass is 16.6. The van der Waals surface area contributed by atoms with Crippen LogP contribution in [0.15, 0.2) is 23.4 Å². The van der Waals surface area contributed by atoms with Crippen LogP contribution in [0.5, 0.6) is 5.75 Å². The van der Waals surface area contributed by atoms with Crippen molar-refractivity contribution in [1.82, 2.24) is 10.2 Å². The molecule has 1 fully saturated rings. The Morgan fingerprint density at radius 2 is 2.26 bits per heavy atom.